The molecule has 2 heterocycles. The van der Waals surface area contributed by atoms with Gasteiger partial charge in [0.15, 0.2) is 0 Å². The predicted octanol–water partition coefficient (Wildman–Crippen LogP) is 3.49. The summed E-state index contributed by atoms with van der Waals surface area (Å²) in [5.74, 6) is -1.35. The number of hydrogen-bond donors (Lipinski definition) is 1. The van der Waals surface area contributed by atoms with Crippen molar-refractivity contribution in [2.75, 3.05) is 40.0 Å². The second-order valence-corrected chi connectivity index (χ2v) is 11.1. The van der Waals surface area contributed by atoms with E-state index in [1.54, 1.807) is 30.3 Å². The first-order valence-electron chi connectivity index (χ1n) is 12.5. The lowest BCUT2D eigenvalue weighted by atomic mass is 9.95. The van der Waals surface area contributed by atoms with Gasteiger partial charge in [0.05, 0.1) is 23.1 Å². The Morgan fingerprint density at radius 3 is 2.32 bits per heavy atom. The summed E-state index contributed by atoms with van der Waals surface area (Å²) in [5, 5.41) is 11.2. The van der Waals surface area contributed by atoms with E-state index in [1.165, 1.54) is 40.6 Å². The molecular formula is C28H32N2O7S. The van der Waals surface area contributed by atoms with Gasteiger partial charge in [0, 0.05) is 32.3 Å². The molecule has 0 bridgehead atoms. The predicted molar refractivity (Wildman–Crippen MR) is 142 cm³/mol. The van der Waals surface area contributed by atoms with E-state index in [0.717, 1.165) is 19.3 Å². The van der Waals surface area contributed by atoms with Crippen LogP contribution in [0.4, 0.5) is 0 Å². The van der Waals surface area contributed by atoms with Crippen LogP contribution in [0.15, 0.2) is 71.7 Å². The third-order valence-electron chi connectivity index (χ3n) is 6.72. The average Bonchev–Trinajstić information content (AvgIpc) is 3.20. The number of sulfonamides is 1. The number of amides is 1. The van der Waals surface area contributed by atoms with E-state index in [-0.39, 0.29) is 34.9 Å². The number of piperidine rings is 1. The molecule has 1 amide bonds. The van der Waals surface area contributed by atoms with Crippen LogP contribution in [0.3, 0.4) is 0 Å². The normalized spacial score (nSPS) is 20.0. The maximum atomic E-state index is 13.1. The number of aliphatic hydroxyl groups excluding tert-OH is 1. The lowest BCUT2D eigenvalue weighted by molar-refractivity contribution is -0.140. The van der Waals surface area contributed by atoms with E-state index in [9.17, 15) is 23.1 Å². The lowest BCUT2D eigenvalue weighted by Gasteiger charge is -2.26. The summed E-state index contributed by atoms with van der Waals surface area (Å²) in [6.07, 6.45) is 4.27. The fraction of sp³-hybridized carbons (Fsp3) is 0.357. The number of benzene rings is 2. The van der Waals surface area contributed by atoms with Gasteiger partial charge in [-0.2, -0.15) is 4.31 Å². The summed E-state index contributed by atoms with van der Waals surface area (Å²) >= 11 is 0. The number of nitrogens with zero attached hydrogens (tertiary/aromatic N) is 2. The Hall–Kier alpha value is -3.47. The smallest absolute Gasteiger partial charge is 0.295 e. The van der Waals surface area contributed by atoms with Gasteiger partial charge in [-0.3, -0.25) is 9.59 Å². The Morgan fingerprint density at radius 2 is 1.71 bits per heavy atom. The molecule has 1 N–H and O–H groups in total. The van der Waals surface area contributed by atoms with Gasteiger partial charge in [0.1, 0.15) is 18.1 Å². The third kappa shape index (κ3) is 5.52. The zero-order valence-corrected chi connectivity index (χ0v) is 22.2. The zero-order chi connectivity index (χ0) is 27.3. The number of Topliss-reactive ketones (excluding diaryl/α,β-unsaturated/α-hetero) is 1. The number of likely N-dealkylation sites (tertiary alicyclic amines) is 1. The molecular weight excluding hydrogens is 508 g/mol. The summed E-state index contributed by atoms with van der Waals surface area (Å²) in [5.41, 5.74) is 0.776. The van der Waals surface area contributed by atoms with Crippen molar-refractivity contribution < 1.29 is 32.6 Å². The van der Waals surface area contributed by atoms with Crippen molar-refractivity contribution in [3.05, 3.63) is 77.9 Å². The van der Waals surface area contributed by atoms with Crippen molar-refractivity contribution in [1.82, 2.24) is 9.21 Å². The van der Waals surface area contributed by atoms with Crippen molar-refractivity contribution in [2.45, 2.75) is 30.2 Å². The zero-order valence-electron chi connectivity index (χ0n) is 21.3. The van der Waals surface area contributed by atoms with Crippen LogP contribution in [0, 0.1) is 0 Å². The highest BCUT2D eigenvalue weighted by Gasteiger charge is 2.46. The summed E-state index contributed by atoms with van der Waals surface area (Å²) < 4.78 is 38.2. The van der Waals surface area contributed by atoms with Gasteiger partial charge < -0.3 is 19.5 Å². The minimum absolute atomic E-state index is 0.0718. The van der Waals surface area contributed by atoms with Gasteiger partial charge >= 0.3 is 0 Å². The number of ether oxygens (including phenoxy) is 2. The van der Waals surface area contributed by atoms with Crippen LogP contribution in [0.2, 0.25) is 0 Å². The van der Waals surface area contributed by atoms with Crippen LogP contribution >= 0.6 is 0 Å². The first-order valence-corrected chi connectivity index (χ1v) is 13.9. The van der Waals surface area contributed by atoms with Crippen molar-refractivity contribution in [1.29, 1.82) is 0 Å². The Morgan fingerprint density at radius 1 is 1.05 bits per heavy atom. The number of aliphatic hydroxyl groups is 1. The van der Waals surface area contributed by atoms with Gasteiger partial charge in [0.2, 0.25) is 10.0 Å². The molecule has 9 nitrogen and oxygen atoms in total. The molecule has 2 saturated heterocycles. The molecule has 1 atom stereocenters. The molecule has 2 fully saturated rings. The quantitative estimate of drug-likeness (QED) is 0.212. The molecule has 2 aliphatic rings. The Kier molecular flexibility index (Phi) is 8.65. The van der Waals surface area contributed by atoms with Crippen LogP contribution in [-0.4, -0.2) is 74.4 Å². The first kappa shape index (κ1) is 27.6. The topological polar surface area (TPSA) is 113 Å². The van der Waals surface area contributed by atoms with Crippen LogP contribution in [0.25, 0.3) is 5.76 Å². The molecule has 10 heteroatoms. The molecule has 0 aliphatic carbocycles. The molecule has 2 aromatic carbocycles. The van der Waals surface area contributed by atoms with E-state index >= 15 is 0 Å². The van der Waals surface area contributed by atoms with Gasteiger partial charge in [-0.15, -0.1) is 0 Å². The maximum absolute atomic E-state index is 13.1. The van der Waals surface area contributed by atoms with Crippen LogP contribution in [0.5, 0.6) is 5.75 Å². The third-order valence-corrected chi connectivity index (χ3v) is 8.63. The van der Waals surface area contributed by atoms with Gasteiger partial charge in [0.25, 0.3) is 11.7 Å². The highest BCUT2D eigenvalue weighted by Crippen LogP contribution is 2.39. The number of methoxy groups -OCH3 is 1. The molecule has 2 aliphatic heterocycles. The van der Waals surface area contributed by atoms with Gasteiger partial charge in [-0.1, -0.05) is 31.2 Å². The standard InChI is InChI=1S/C28H32N2O7S/c1-3-18-37-22-11-7-20(8-12-22)25-24(27(32)28(33)30(25)17-19-36-2)26(31)21-9-13-23(14-10-21)38(34,35)29-15-5-4-6-16-29/h3,7-14,25,31H,1,4-6,15-19H2,2H3/b26-24+/t25-/m1/s1. The first-order chi connectivity index (χ1) is 18.3. The Balaban J connectivity index is 1.71. The molecule has 38 heavy (non-hydrogen) atoms. The van der Waals surface area contributed by atoms with Crippen LogP contribution < -0.4 is 4.74 Å². The average molecular weight is 541 g/mol. The Bertz CT molecular complexity index is 1310. The van der Waals surface area contributed by atoms with Crippen molar-refractivity contribution in [2.24, 2.45) is 0 Å². The summed E-state index contributed by atoms with van der Waals surface area (Å²) in [4.78, 5) is 27.6. The molecule has 0 radical (unpaired) electrons. The molecule has 0 spiro atoms. The maximum Gasteiger partial charge on any atom is 0.295 e. The second kappa shape index (κ2) is 11.9. The number of rotatable bonds is 10. The molecule has 202 valence electrons. The van der Waals surface area contributed by atoms with E-state index < -0.39 is 27.8 Å². The van der Waals surface area contributed by atoms with Crippen molar-refractivity contribution in [3.63, 3.8) is 0 Å². The number of carbonyl (C=O) groups excluding carboxylic acids is 2. The van der Waals surface area contributed by atoms with E-state index in [2.05, 4.69) is 6.58 Å². The molecule has 2 aromatic rings. The van der Waals surface area contributed by atoms with Crippen molar-refractivity contribution >= 4 is 27.5 Å². The second-order valence-electron chi connectivity index (χ2n) is 9.14. The highest BCUT2D eigenvalue weighted by molar-refractivity contribution is 7.89. The number of hydrogen-bond acceptors (Lipinski definition) is 7. The largest absolute Gasteiger partial charge is 0.507 e. The molecule has 4 rings (SSSR count). The van der Waals surface area contributed by atoms with Gasteiger partial charge in [-0.25, -0.2) is 8.42 Å². The van der Waals surface area contributed by atoms with Crippen LogP contribution in [-0.2, 0) is 24.3 Å². The van der Waals surface area contributed by atoms with E-state index in [0.29, 0.717) is 31.0 Å². The monoisotopic (exact) mass is 540 g/mol. The molecule has 0 aromatic heterocycles. The van der Waals surface area contributed by atoms with Gasteiger partial charge in [-0.05, 0) is 54.8 Å². The van der Waals surface area contributed by atoms with E-state index in [4.69, 9.17) is 9.47 Å². The van der Waals surface area contributed by atoms with E-state index in [1.807, 2.05) is 0 Å². The SMILES string of the molecule is C=CCOc1ccc([C@@H]2/C(=C(\O)c3ccc(S(=O)(=O)N4CCCCC4)cc3)C(=O)C(=O)N2CCOC)cc1. The highest BCUT2D eigenvalue weighted by atomic mass is 32.2. The fourth-order valence-electron chi connectivity index (χ4n) is 4.74. The van der Waals surface area contributed by atoms with Crippen molar-refractivity contribution in [3.8, 4) is 5.75 Å². The summed E-state index contributed by atoms with van der Waals surface area (Å²) in [6, 6.07) is 11.8. The minimum Gasteiger partial charge on any atom is -0.507 e. The lowest BCUT2D eigenvalue weighted by Crippen LogP contribution is -2.35. The Labute approximate surface area is 223 Å². The molecule has 0 saturated carbocycles. The molecule has 0 unspecified atom stereocenters. The summed E-state index contributed by atoms with van der Waals surface area (Å²) in [7, 11) is -2.16. The fourth-order valence-corrected chi connectivity index (χ4v) is 6.26. The van der Waals surface area contributed by atoms with Crippen LogP contribution in [0.1, 0.15) is 36.4 Å². The summed E-state index contributed by atoms with van der Waals surface area (Å²) in [6.45, 7) is 5.25. The number of carbonyl (C=O) groups is 2. The number of ketones is 1. The minimum atomic E-state index is -3.65.